The Hall–Kier alpha value is -2.29. The minimum Gasteiger partial charge on any atom is -0.462 e. The molecule has 0 aliphatic rings. The molecule has 0 saturated heterocycles. The molecule has 0 saturated carbocycles. The minimum atomic E-state index is -4.80. The van der Waals surface area contributed by atoms with Crippen LogP contribution in [-0.2, 0) is 28.2 Å². The molecule has 0 amide bonds. The van der Waals surface area contributed by atoms with Gasteiger partial charge in [-0.05, 0) is 44.9 Å². The number of carbonyl (C=O) groups is 2. The average Bonchev–Trinajstić information content (AvgIpc) is 2.99. The number of aliphatic hydroxyl groups excluding tert-OH is 1. The zero-order valence-electron chi connectivity index (χ0n) is 27.6. The molecule has 0 heterocycles. The third kappa shape index (κ3) is 32.9. The van der Waals surface area contributed by atoms with Gasteiger partial charge < -0.3 is 24.4 Å². The molecular weight excluding hydrogens is 595 g/mol. The first-order chi connectivity index (χ1) is 21.7. The molecule has 0 spiro atoms. The summed E-state index contributed by atoms with van der Waals surface area (Å²) in [6.45, 7) is 3.34. The monoisotopic (exact) mass is 654 g/mol. The van der Waals surface area contributed by atoms with Crippen molar-refractivity contribution in [2.45, 2.75) is 135 Å². The molecule has 0 aliphatic carbocycles. The normalized spacial score (nSPS) is 14.0. The van der Waals surface area contributed by atoms with Gasteiger partial charge in [-0.25, -0.2) is 4.57 Å². The molecule has 258 valence electrons. The lowest BCUT2D eigenvalue weighted by molar-refractivity contribution is -0.161. The zero-order valence-corrected chi connectivity index (χ0v) is 28.5. The summed E-state index contributed by atoms with van der Waals surface area (Å²) in [6.07, 6.45) is 32.7. The third-order valence-electron chi connectivity index (χ3n) is 6.65. The molecule has 1 unspecified atom stereocenters. The lowest BCUT2D eigenvalue weighted by Gasteiger charge is -2.18. The van der Waals surface area contributed by atoms with Crippen LogP contribution in [0.25, 0.3) is 0 Å². The van der Waals surface area contributed by atoms with Crippen molar-refractivity contribution in [2.24, 2.45) is 0 Å². The van der Waals surface area contributed by atoms with Crippen LogP contribution in [0.3, 0.4) is 0 Å². The smallest absolute Gasteiger partial charge is 0.462 e. The molecule has 0 aromatic rings. The molecule has 2 atom stereocenters. The van der Waals surface area contributed by atoms with Gasteiger partial charge >= 0.3 is 19.8 Å². The maximum atomic E-state index is 12.3. The summed E-state index contributed by atoms with van der Waals surface area (Å²) in [4.78, 5) is 42.5. The third-order valence-corrected chi connectivity index (χ3v) is 7.14. The number of aliphatic hydroxyl groups is 1. The van der Waals surface area contributed by atoms with Gasteiger partial charge in [-0.15, -0.1) is 0 Å². The Labute approximate surface area is 271 Å². The summed E-state index contributed by atoms with van der Waals surface area (Å²) in [5.74, 6) is -1.10. The summed E-state index contributed by atoms with van der Waals surface area (Å²) in [5, 5.41) is 10.1. The van der Waals surface area contributed by atoms with Crippen molar-refractivity contribution in [3.63, 3.8) is 0 Å². The largest absolute Gasteiger partial charge is 0.469 e. The first-order valence-corrected chi connectivity index (χ1v) is 18.2. The van der Waals surface area contributed by atoms with Crippen molar-refractivity contribution in [3.05, 3.63) is 60.8 Å². The maximum Gasteiger partial charge on any atom is 0.469 e. The first kappa shape index (κ1) is 42.7. The Morgan fingerprint density at radius 1 is 0.689 bits per heavy atom. The summed E-state index contributed by atoms with van der Waals surface area (Å²) in [6, 6.07) is 0. The van der Waals surface area contributed by atoms with Crippen molar-refractivity contribution in [3.8, 4) is 0 Å². The number of carbonyl (C=O) groups excluding carboxylic acids is 2. The van der Waals surface area contributed by atoms with E-state index in [9.17, 15) is 19.3 Å². The van der Waals surface area contributed by atoms with Gasteiger partial charge in [0.25, 0.3) is 0 Å². The number of ether oxygens (including phenoxy) is 2. The molecule has 3 N–H and O–H groups in total. The number of allylic oxidation sites excluding steroid dienone is 9. The number of phosphoric acid groups is 1. The van der Waals surface area contributed by atoms with Gasteiger partial charge in [0.2, 0.25) is 0 Å². The van der Waals surface area contributed by atoms with Crippen LogP contribution >= 0.6 is 7.82 Å². The van der Waals surface area contributed by atoms with E-state index < -0.39 is 38.6 Å². The highest BCUT2D eigenvalue weighted by atomic mass is 31.2. The van der Waals surface area contributed by atoms with Gasteiger partial charge in [-0.2, -0.15) is 0 Å². The van der Waals surface area contributed by atoms with Crippen molar-refractivity contribution < 1.29 is 43.0 Å². The van der Waals surface area contributed by atoms with Crippen LogP contribution in [0.15, 0.2) is 60.8 Å². The van der Waals surface area contributed by atoms with Crippen molar-refractivity contribution in [1.82, 2.24) is 0 Å². The van der Waals surface area contributed by atoms with E-state index >= 15 is 0 Å². The number of phosphoric ester groups is 1. The first-order valence-electron chi connectivity index (χ1n) is 16.7. The number of hydrogen-bond acceptors (Lipinski definition) is 7. The molecule has 45 heavy (non-hydrogen) atoms. The zero-order chi connectivity index (χ0) is 33.4. The Morgan fingerprint density at radius 3 is 1.84 bits per heavy atom. The Bertz CT molecular complexity index is 933. The second kappa shape index (κ2) is 30.4. The van der Waals surface area contributed by atoms with Gasteiger partial charge in [-0.3, -0.25) is 14.1 Å². The molecule has 9 nitrogen and oxygen atoms in total. The topological polar surface area (TPSA) is 140 Å². The van der Waals surface area contributed by atoms with E-state index in [1.54, 1.807) is 12.2 Å². The molecule has 10 heteroatoms. The van der Waals surface area contributed by atoms with Gasteiger partial charge in [0, 0.05) is 12.8 Å². The van der Waals surface area contributed by atoms with E-state index in [1.807, 2.05) is 12.2 Å². The highest BCUT2D eigenvalue weighted by Gasteiger charge is 2.23. The molecule has 0 bridgehead atoms. The van der Waals surface area contributed by atoms with E-state index in [-0.39, 0.29) is 19.4 Å². The maximum absolute atomic E-state index is 12.3. The fourth-order valence-electron chi connectivity index (χ4n) is 4.16. The summed E-state index contributed by atoms with van der Waals surface area (Å²) in [7, 11) is -4.80. The lowest BCUT2D eigenvalue weighted by atomic mass is 10.1. The summed E-state index contributed by atoms with van der Waals surface area (Å²) >= 11 is 0. The van der Waals surface area contributed by atoms with E-state index in [4.69, 9.17) is 19.3 Å². The van der Waals surface area contributed by atoms with Crippen LogP contribution in [0.4, 0.5) is 0 Å². The van der Waals surface area contributed by atoms with Crippen LogP contribution in [0.1, 0.15) is 123 Å². The molecule has 0 rings (SSSR count). The van der Waals surface area contributed by atoms with E-state index in [0.717, 1.165) is 44.9 Å². The average molecular weight is 655 g/mol. The van der Waals surface area contributed by atoms with Crippen LogP contribution in [-0.4, -0.2) is 52.3 Å². The highest BCUT2D eigenvalue weighted by Crippen LogP contribution is 2.35. The van der Waals surface area contributed by atoms with Gasteiger partial charge in [0.1, 0.15) is 6.61 Å². The second-order valence-corrected chi connectivity index (χ2v) is 12.2. The summed E-state index contributed by atoms with van der Waals surface area (Å²) in [5.41, 5.74) is 0. The van der Waals surface area contributed by atoms with Crippen molar-refractivity contribution >= 4 is 19.8 Å². The van der Waals surface area contributed by atoms with E-state index in [1.165, 1.54) is 32.1 Å². The number of hydrogen-bond donors (Lipinski definition) is 3. The van der Waals surface area contributed by atoms with Gasteiger partial charge in [-0.1, -0.05) is 126 Å². The minimum absolute atomic E-state index is 0.0202. The van der Waals surface area contributed by atoms with Gasteiger partial charge in [0.15, 0.2) is 6.10 Å². The molecule has 0 aromatic heterocycles. The number of unbranched alkanes of at least 4 members (excludes halogenated alkanes) is 8. The predicted molar refractivity (Wildman–Crippen MR) is 180 cm³/mol. The van der Waals surface area contributed by atoms with Crippen LogP contribution < -0.4 is 0 Å². The standard InChI is InChI=1S/C35H59O9P/c1-3-5-7-9-11-13-14-15-16-18-19-21-23-26-32(36)27-25-29-35(38)44-33(31-43-45(39,40)41)30-42-34(37)28-24-22-20-17-12-10-8-6-4-2/h5,7,11,13,15-16,19,21,23,26,32-33,36H,3-4,6,8-10,12,14,17-18,20,22,24-25,27-31H2,1-2H3,(H2,39,40,41)/b7-5-,13-11-,16-15-,21-19-,26-23+/t32?,33-/m1/s1. The number of esters is 2. The predicted octanol–water partition coefficient (Wildman–Crippen LogP) is 8.36. The van der Waals surface area contributed by atoms with Crippen LogP contribution in [0.5, 0.6) is 0 Å². The Morgan fingerprint density at radius 2 is 1.24 bits per heavy atom. The summed E-state index contributed by atoms with van der Waals surface area (Å²) < 4.78 is 26.0. The van der Waals surface area contributed by atoms with Crippen molar-refractivity contribution in [1.29, 1.82) is 0 Å². The fourth-order valence-corrected chi connectivity index (χ4v) is 4.52. The highest BCUT2D eigenvalue weighted by molar-refractivity contribution is 7.46. The van der Waals surface area contributed by atoms with Gasteiger partial charge in [0.05, 0.1) is 12.7 Å². The lowest BCUT2D eigenvalue weighted by Crippen LogP contribution is -2.29. The van der Waals surface area contributed by atoms with Crippen molar-refractivity contribution in [2.75, 3.05) is 13.2 Å². The SMILES string of the molecule is CC/C=C\C/C=C\C/C=C\C/C=C\C=C\C(O)CCCC(=O)O[C@H](COC(=O)CCCCCCCCCCC)COP(=O)(O)O. The van der Waals surface area contributed by atoms with E-state index in [0.29, 0.717) is 19.3 Å². The van der Waals surface area contributed by atoms with E-state index in [2.05, 4.69) is 54.8 Å². The molecule has 0 aliphatic heterocycles. The quantitative estimate of drug-likeness (QED) is 0.0239. The Kier molecular flexibility index (Phi) is 28.8. The fraction of sp³-hybridized carbons (Fsp3) is 0.657. The molecular formula is C35H59O9P. The second-order valence-electron chi connectivity index (χ2n) is 11.0. The molecule has 0 fully saturated rings. The Balaban J connectivity index is 4.28. The number of rotatable bonds is 29. The van der Waals surface area contributed by atoms with Crippen LogP contribution in [0, 0.1) is 0 Å². The molecule has 0 aromatic carbocycles. The van der Waals surface area contributed by atoms with Crippen LogP contribution in [0.2, 0.25) is 0 Å². The molecule has 0 radical (unpaired) electrons.